The predicted octanol–water partition coefficient (Wildman–Crippen LogP) is 4.54. The summed E-state index contributed by atoms with van der Waals surface area (Å²) in [7, 11) is 0. The Morgan fingerprint density at radius 1 is 1.17 bits per heavy atom. The topological polar surface area (TPSA) is 133 Å². The molecule has 12 heteroatoms. The molecule has 0 saturated heterocycles. The largest absolute Gasteiger partial charge is 0.396 e. The van der Waals surface area contributed by atoms with E-state index >= 15 is 0 Å². The number of aliphatic hydroxyl groups is 2. The van der Waals surface area contributed by atoms with Crippen LogP contribution in [0.5, 0.6) is 0 Å². The minimum absolute atomic E-state index is 0.0448. The average molecular weight is 516 g/mol. The molecular weight excluding hydrogens is 492 g/mol. The number of aromatic nitrogens is 3. The van der Waals surface area contributed by atoms with Crippen molar-refractivity contribution in [2.45, 2.75) is 32.8 Å². The van der Waals surface area contributed by atoms with Gasteiger partial charge in [-0.1, -0.05) is 5.16 Å². The van der Waals surface area contributed by atoms with Crippen molar-refractivity contribution in [3.05, 3.63) is 70.0 Å². The molecule has 3 aromatic heterocycles. The molecule has 0 spiro atoms. The van der Waals surface area contributed by atoms with Gasteiger partial charge >= 0.3 is 0 Å². The fourth-order valence-electron chi connectivity index (χ4n) is 3.35. The Kier molecular flexibility index (Phi) is 7.11. The summed E-state index contributed by atoms with van der Waals surface area (Å²) in [4.78, 5) is 21.5. The van der Waals surface area contributed by atoms with E-state index in [9.17, 15) is 18.7 Å². The van der Waals surface area contributed by atoms with Crippen molar-refractivity contribution < 1.29 is 28.3 Å². The van der Waals surface area contributed by atoms with Crippen LogP contribution in [0.25, 0.3) is 11.5 Å². The molecule has 9 nitrogen and oxygen atoms in total. The van der Waals surface area contributed by atoms with Crippen LogP contribution < -0.4 is 10.6 Å². The molecule has 36 heavy (non-hydrogen) atoms. The summed E-state index contributed by atoms with van der Waals surface area (Å²) in [6.45, 7) is 4.46. The zero-order valence-corrected chi connectivity index (χ0v) is 20.4. The highest BCUT2D eigenvalue weighted by Crippen LogP contribution is 2.31. The molecule has 4 N–H and O–H groups in total. The van der Waals surface area contributed by atoms with E-state index in [0.717, 1.165) is 12.1 Å². The van der Waals surface area contributed by atoms with Crippen LogP contribution in [0.1, 0.15) is 41.3 Å². The van der Waals surface area contributed by atoms with E-state index in [1.54, 1.807) is 24.4 Å². The molecule has 0 aliphatic carbocycles. The lowest BCUT2D eigenvalue weighted by molar-refractivity contribution is 0.0779. The molecule has 0 radical (unpaired) electrons. The molecule has 4 rings (SSSR count). The average Bonchev–Trinajstić information content (AvgIpc) is 3.45. The normalized spacial score (nSPS) is 11.5. The SMILES string of the molecule is Cc1nc(Nc2sccc2C(=O)Nc2c(F)cc(C(C)(C)O)cc2F)ccc1-c1nc(CCO)no1. The van der Waals surface area contributed by atoms with E-state index in [1.165, 1.54) is 31.3 Å². The van der Waals surface area contributed by atoms with Crippen LogP contribution in [0.3, 0.4) is 0 Å². The second-order valence-electron chi connectivity index (χ2n) is 8.44. The van der Waals surface area contributed by atoms with Crippen LogP contribution in [0.15, 0.2) is 40.2 Å². The number of nitrogens with zero attached hydrogens (tertiary/aromatic N) is 3. The number of hydrogen-bond acceptors (Lipinski definition) is 9. The molecule has 1 aromatic carbocycles. The van der Waals surface area contributed by atoms with Crippen LogP contribution >= 0.6 is 11.3 Å². The third-order valence-electron chi connectivity index (χ3n) is 5.26. The molecule has 1 amide bonds. The molecule has 0 fully saturated rings. The summed E-state index contributed by atoms with van der Waals surface area (Å²) >= 11 is 1.22. The summed E-state index contributed by atoms with van der Waals surface area (Å²) in [5.41, 5.74) is -0.647. The summed E-state index contributed by atoms with van der Waals surface area (Å²) in [5, 5.41) is 30.2. The summed E-state index contributed by atoms with van der Waals surface area (Å²) in [6.07, 6.45) is 0.274. The Bertz CT molecular complexity index is 1390. The number of anilines is 3. The van der Waals surface area contributed by atoms with E-state index < -0.39 is 28.8 Å². The molecule has 0 bridgehead atoms. The number of nitrogens with one attached hydrogen (secondary N) is 2. The highest BCUT2D eigenvalue weighted by Gasteiger charge is 2.23. The lowest BCUT2D eigenvalue weighted by atomic mass is 9.97. The molecule has 4 aromatic rings. The maximum atomic E-state index is 14.5. The number of carbonyl (C=O) groups is 1. The number of aliphatic hydroxyl groups excluding tert-OH is 1. The number of thiophene rings is 1. The first-order valence-electron chi connectivity index (χ1n) is 10.9. The number of benzene rings is 1. The van der Waals surface area contributed by atoms with E-state index in [1.807, 2.05) is 0 Å². The van der Waals surface area contributed by atoms with Crippen LogP contribution in [0.4, 0.5) is 25.3 Å². The minimum atomic E-state index is -1.44. The first-order valence-corrected chi connectivity index (χ1v) is 11.7. The number of carbonyl (C=O) groups excluding carboxylic acids is 1. The van der Waals surface area contributed by atoms with Crippen molar-refractivity contribution in [2.75, 3.05) is 17.2 Å². The van der Waals surface area contributed by atoms with Crippen molar-refractivity contribution >= 4 is 33.8 Å². The quantitative estimate of drug-likeness (QED) is 0.269. The Morgan fingerprint density at radius 3 is 2.53 bits per heavy atom. The second-order valence-corrected chi connectivity index (χ2v) is 9.35. The smallest absolute Gasteiger partial charge is 0.259 e. The van der Waals surface area contributed by atoms with Crippen molar-refractivity contribution in [3.63, 3.8) is 0 Å². The van der Waals surface area contributed by atoms with E-state index in [4.69, 9.17) is 9.63 Å². The first kappa shape index (κ1) is 25.4. The third-order valence-corrected chi connectivity index (χ3v) is 6.09. The van der Waals surface area contributed by atoms with Gasteiger partial charge in [0.15, 0.2) is 5.82 Å². The van der Waals surface area contributed by atoms with E-state index in [2.05, 4.69) is 25.8 Å². The molecule has 0 atom stereocenters. The second kappa shape index (κ2) is 10.1. The Hall–Kier alpha value is -3.74. The molecule has 0 saturated carbocycles. The fourth-order valence-corrected chi connectivity index (χ4v) is 4.14. The Balaban J connectivity index is 1.52. The molecule has 0 unspecified atom stereocenters. The number of aryl methyl sites for hydroxylation is 1. The minimum Gasteiger partial charge on any atom is -0.396 e. The standard InChI is InChI=1S/C24H23F2N5O4S/c1-12-14(22-28-19(6-8-32)31-35-22)4-5-18(27-12)29-23-15(7-9-36-23)21(33)30-20-16(25)10-13(11-17(20)26)24(2,3)34/h4-5,7,9-11,32,34H,6,8H2,1-3H3,(H,27,29)(H,30,33). The highest BCUT2D eigenvalue weighted by molar-refractivity contribution is 7.14. The van der Waals surface area contributed by atoms with E-state index in [0.29, 0.717) is 27.9 Å². The monoisotopic (exact) mass is 515 g/mol. The highest BCUT2D eigenvalue weighted by atomic mass is 32.1. The summed E-state index contributed by atoms with van der Waals surface area (Å²) in [5.74, 6) is -1.64. The maximum Gasteiger partial charge on any atom is 0.259 e. The van der Waals surface area contributed by atoms with Crippen molar-refractivity contribution in [2.24, 2.45) is 0 Å². The van der Waals surface area contributed by atoms with Gasteiger partial charge in [-0.3, -0.25) is 4.79 Å². The van der Waals surface area contributed by atoms with Gasteiger partial charge in [0.25, 0.3) is 11.8 Å². The summed E-state index contributed by atoms with van der Waals surface area (Å²) in [6, 6.07) is 6.87. The molecule has 0 aliphatic heterocycles. The molecular formula is C24H23F2N5O4S. The molecule has 0 aliphatic rings. The number of rotatable bonds is 8. The van der Waals surface area contributed by atoms with Gasteiger partial charge < -0.3 is 25.4 Å². The number of hydrogen-bond donors (Lipinski definition) is 4. The van der Waals surface area contributed by atoms with Crippen LogP contribution in [-0.4, -0.2) is 37.9 Å². The van der Waals surface area contributed by atoms with Gasteiger partial charge in [-0.15, -0.1) is 11.3 Å². The molecule has 3 heterocycles. The van der Waals surface area contributed by atoms with Gasteiger partial charge in [-0.2, -0.15) is 4.98 Å². The lowest BCUT2D eigenvalue weighted by Gasteiger charge is -2.19. The van der Waals surface area contributed by atoms with Gasteiger partial charge in [-0.05, 0) is 62.0 Å². The van der Waals surface area contributed by atoms with Gasteiger partial charge in [0.2, 0.25) is 0 Å². The van der Waals surface area contributed by atoms with Crippen LogP contribution in [0, 0.1) is 18.6 Å². The zero-order chi connectivity index (χ0) is 26.0. The van der Waals surface area contributed by atoms with Crippen LogP contribution in [-0.2, 0) is 12.0 Å². The number of amides is 1. The molecule has 188 valence electrons. The third kappa shape index (κ3) is 5.40. The lowest BCUT2D eigenvalue weighted by Crippen LogP contribution is -2.19. The first-order chi connectivity index (χ1) is 17.1. The fraction of sp³-hybridized carbons (Fsp3) is 0.250. The number of pyridine rings is 1. The number of halogens is 2. The summed E-state index contributed by atoms with van der Waals surface area (Å²) < 4.78 is 34.3. The Morgan fingerprint density at radius 2 is 1.89 bits per heavy atom. The van der Waals surface area contributed by atoms with Gasteiger partial charge in [0.1, 0.15) is 28.1 Å². The van der Waals surface area contributed by atoms with Crippen molar-refractivity contribution in [1.29, 1.82) is 0 Å². The maximum absolute atomic E-state index is 14.5. The zero-order valence-electron chi connectivity index (χ0n) is 19.6. The van der Waals surface area contributed by atoms with Crippen molar-refractivity contribution in [3.8, 4) is 11.5 Å². The Labute approximate surface area is 208 Å². The van der Waals surface area contributed by atoms with E-state index in [-0.39, 0.29) is 30.0 Å². The predicted molar refractivity (Wildman–Crippen MR) is 130 cm³/mol. The van der Waals surface area contributed by atoms with Gasteiger partial charge in [-0.25, -0.2) is 13.8 Å². The van der Waals surface area contributed by atoms with Gasteiger partial charge in [0.05, 0.1) is 29.0 Å². The van der Waals surface area contributed by atoms with Gasteiger partial charge in [0, 0.05) is 6.42 Å². The van der Waals surface area contributed by atoms with Crippen molar-refractivity contribution in [1.82, 2.24) is 15.1 Å². The van der Waals surface area contributed by atoms with Crippen LogP contribution in [0.2, 0.25) is 0 Å².